The highest BCUT2D eigenvalue weighted by Crippen LogP contribution is 2.50. The average molecular weight is 637 g/mol. The Labute approximate surface area is 290 Å². The van der Waals surface area contributed by atoms with Crippen molar-refractivity contribution in [2.24, 2.45) is 0 Å². The summed E-state index contributed by atoms with van der Waals surface area (Å²) in [7, 11) is 0. The van der Waals surface area contributed by atoms with E-state index in [1.54, 1.807) is 0 Å². The number of nitrogens with zero attached hydrogens (tertiary/aromatic N) is 2. The molecule has 0 amide bonds. The van der Waals surface area contributed by atoms with Gasteiger partial charge in [-0.1, -0.05) is 127 Å². The van der Waals surface area contributed by atoms with E-state index in [4.69, 9.17) is 0 Å². The maximum Gasteiger partial charge on any atom is 0.0542 e. The highest BCUT2D eigenvalue weighted by atomic mass is 15.0. The lowest BCUT2D eigenvalue weighted by molar-refractivity contribution is 0.720. The average Bonchev–Trinajstić information content (AvgIpc) is 3.70. The molecule has 0 spiro atoms. The monoisotopic (exact) mass is 636 g/mol. The minimum absolute atomic E-state index is 0.356. The first-order valence-corrected chi connectivity index (χ1v) is 17.5. The summed E-state index contributed by atoms with van der Waals surface area (Å²) in [4.78, 5) is 0. The molecule has 2 unspecified atom stereocenters. The molecule has 0 N–H and O–H groups in total. The van der Waals surface area contributed by atoms with Crippen molar-refractivity contribution in [3.63, 3.8) is 0 Å². The minimum Gasteiger partial charge on any atom is -0.309 e. The van der Waals surface area contributed by atoms with E-state index in [0.29, 0.717) is 11.8 Å². The topological polar surface area (TPSA) is 9.86 Å². The highest BCUT2D eigenvalue weighted by molar-refractivity contribution is 6.12. The summed E-state index contributed by atoms with van der Waals surface area (Å²) in [5.41, 5.74) is 15.3. The summed E-state index contributed by atoms with van der Waals surface area (Å²) in [6.45, 7) is 0. The molecule has 0 radical (unpaired) electrons. The zero-order chi connectivity index (χ0) is 32.8. The summed E-state index contributed by atoms with van der Waals surface area (Å²) in [6.07, 6.45) is 9.15. The fourth-order valence-corrected chi connectivity index (χ4v) is 8.88. The van der Waals surface area contributed by atoms with Crippen molar-refractivity contribution in [2.75, 3.05) is 0 Å². The van der Waals surface area contributed by atoms with Crippen LogP contribution in [0.15, 0.2) is 182 Å². The molecule has 7 aromatic carbocycles. The number of hydrogen-bond acceptors (Lipinski definition) is 0. The quantitative estimate of drug-likeness (QED) is 0.183. The van der Waals surface area contributed by atoms with Crippen LogP contribution in [0.1, 0.15) is 23.0 Å². The second-order valence-corrected chi connectivity index (χ2v) is 13.7. The van der Waals surface area contributed by atoms with Crippen LogP contribution in [0.25, 0.3) is 77.2 Å². The van der Waals surface area contributed by atoms with E-state index in [2.05, 4.69) is 191 Å². The van der Waals surface area contributed by atoms with Crippen molar-refractivity contribution in [1.29, 1.82) is 0 Å². The molecule has 0 saturated carbocycles. The summed E-state index contributed by atoms with van der Waals surface area (Å²) in [5.74, 6) is 0.737. The van der Waals surface area contributed by atoms with E-state index in [-0.39, 0.29) is 0 Å². The van der Waals surface area contributed by atoms with Gasteiger partial charge >= 0.3 is 0 Å². The van der Waals surface area contributed by atoms with Crippen molar-refractivity contribution in [1.82, 2.24) is 9.13 Å². The van der Waals surface area contributed by atoms with Gasteiger partial charge in [0.15, 0.2) is 0 Å². The summed E-state index contributed by atoms with van der Waals surface area (Å²) in [6, 6.07) is 58.3. The van der Waals surface area contributed by atoms with Crippen LogP contribution in [-0.4, -0.2) is 9.13 Å². The van der Waals surface area contributed by atoms with Gasteiger partial charge in [-0.3, -0.25) is 0 Å². The predicted molar refractivity (Wildman–Crippen MR) is 210 cm³/mol. The van der Waals surface area contributed by atoms with Gasteiger partial charge < -0.3 is 9.13 Å². The van der Waals surface area contributed by atoms with E-state index >= 15 is 0 Å². The summed E-state index contributed by atoms with van der Waals surface area (Å²) in [5, 5.41) is 5.07. The van der Waals surface area contributed by atoms with Crippen molar-refractivity contribution in [2.45, 2.75) is 11.8 Å². The van der Waals surface area contributed by atoms with Gasteiger partial charge in [-0.25, -0.2) is 0 Å². The lowest BCUT2D eigenvalue weighted by Crippen LogP contribution is -2.16. The number of para-hydroxylation sites is 3. The van der Waals surface area contributed by atoms with Crippen LogP contribution in [0.2, 0.25) is 0 Å². The number of benzene rings is 7. The van der Waals surface area contributed by atoms with Gasteiger partial charge in [-0.15, -0.1) is 0 Å². The molecule has 2 atom stereocenters. The standard InChI is InChI=1S/C48H32N2/c1-2-13-37-35(11-1)36-12-3-4-14-38(36)43-29-32(23-27-39(37)43)31-21-24-33(25-22-31)49-47-20-10-7-17-42(47)44-30-34(26-28-48(44)49)50-45-18-8-5-15-40(45)41-16-6-9-19-46(41)50/h1-30,36,38H. The molecular weight excluding hydrogens is 605 g/mol. The molecule has 9 aromatic rings. The Hall–Kier alpha value is -6.38. The van der Waals surface area contributed by atoms with Crippen LogP contribution in [0.5, 0.6) is 0 Å². The first-order valence-electron chi connectivity index (χ1n) is 17.5. The van der Waals surface area contributed by atoms with Gasteiger partial charge in [0, 0.05) is 44.8 Å². The maximum atomic E-state index is 2.43. The minimum atomic E-state index is 0.356. The van der Waals surface area contributed by atoms with Crippen LogP contribution in [0.4, 0.5) is 0 Å². The SMILES string of the molecule is C1=CC2c3ccccc3-c3ccc(-c4ccc(-n5c6ccccc6c6cc(-n7c8ccccc8c8ccccc87)ccc65)cc4)cc3C2C=C1. The van der Waals surface area contributed by atoms with Crippen molar-refractivity contribution < 1.29 is 0 Å². The first kappa shape index (κ1) is 27.6. The molecule has 0 fully saturated rings. The highest BCUT2D eigenvalue weighted by Gasteiger charge is 2.31. The Morgan fingerprint density at radius 3 is 1.54 bits per heavy atom. The number of rotatable bonds is 3. The van der Waals surface area contributed by atoms with Crippen LogP contribution in [0, 0.1) is 0 Å². The number of allylic oxidation sites excluding steroid dienone is 4. The Kier molecular flexibility index (Phi) is 5.82. The van der Waals surface area contributed by atoms with E-state index in [9.17, 15) is 0 Å². The van der Waals surface area contributed by atoms with Gasteiger partial charge in [0.1, 0.15) is 0 Å². The van der Waals surface area contributed by atoms with E-state index in [1.165, 1.54) is 82.7 Å². The summed E-state index contributed by atoms with van der Waals surface area (Å²) < 4.78 is 4.82. The van der Waals surface area contributed by atoms with Crippen LogP contribution in [0.3, 0.4) is 0 Å². The first-order chi connectivity index (χ1) is 24.8. The fourth-order valence-electron chi connectivity index (χ4n) is 8.88. The predicted octanol–water partition coefficient (Wildman–Crippen LogP) is 12.5. The Morgan fingerprint density at radius 2 is 0.840 bits per heavy atom. The van der Waals surface area contributed by atoms with Crippen molar-refractivity contribution >= 4 is 43.6 Å². The van der Waals surface area contributed by atoms with Crippen LogP contribution >= 0.6 is 0 Å². The Morgan fingerprint density at radius 1 is 0.340 bits per heavy atom. The number of aromatic nitrogens is 2. The van der Waals surface area contributed by atoms with Crippen LogP contribution in [-0.2, 0) is 0 Å². The lowest BCUT2D eigenvalue weighted by Gasteiger charge is -2.34. The van der Waals surface area contributed by atoms with Crippen molar-refractivity contribution in [3.8, 4) is 33.6 Å². The molecule has 2 aromatic heterocycles. The molecule has 2 heteroatoms. The molecule has 2 heterocycles. The van der Waals surface area contributed by atoms with E-state index in [1.807, 2.05) is 0 Å². The van der Waals surface area contributed by atoms with E-state index < -0.39 is 0 Å². The molecule has 2 aliphatic carbocycles. The van der Waals surface area contributed by atoms with Gasteiger partial charge in [0.25, 0.3) is 0 Å². The Balaban J connectivity index is 1.03. The molecule has 11 rings (SSSR count). The third-order valence-corrected chi connectivity index (χ3v) is 11.1. The zero-order valence-electron chi connectivity index (χ0n) is 27.4. The van der Waals surface area contributed by atoms with Gasteiger partial charge in [0.05, 0.1) is 22.1 Å². The Bertz CT molecular complexity index is 2820. The molecule has 0 aliphatic heterocycles. The molecular formula is C48H32N2. The largest absolute Gasteiger partial charge is 0.309 e. The lowest BCUT2D eigenvalue weighted by atomic mass is 9.69. The van der Waals surface area contributed by atoms with Gasteiger partial charge in [0.2, 0.25) is 0 Å². The molecule has 234 valence electrons. The molecule has 50 heavy (non-hydrogen) atoms. The second-order valence-electron chi connectivity index (χ2n) is 13.7. The fraction of sp³-hybridized carbons (Fsp3) is 0.0417. The number of fused-ring (bicyclic) bond motifs is 12. The van der Waals surface area contributed by atoms with E-state index in [0.717, 1.165) is 5.69 Å². The molecule has 0 saturated heterocycles. The molecule has 0 bridgehead atoms. The van der Waals surface area contributed by atoms with Crippen molar-refractivity contribution in [3.05, 3.63) is 193 Å². The third kappa shape index (κ3) is 3.90. The van der Waals surface area contributed by atoms with Crippen LogP contribution < -0.4 is 0 Å². The second kappa shape index (κ2) is 10.6. The normalized spacial score (nSPS) is 16.2. The third-order valence-electron chi connectivity index (χ3n) is 11.1. The smallest absolute Gasteiger partial charge is 0.0542 e. The molecule has 2 aliphatic rings. The molecule has 2 nitrogen and oxygen atoms in total. The van der Waals surface area contributed by atoms with Gasteiger partial charge in [-0.05, 0) is 88.0 Å². The summed E-state index contributed by atoms with van der Waals surface area (Å²) >= 11 is 0. The maximum absolute atomic E-state index is 2.43. The zero-order valence-corrected chi connectivity index (χ0v) is 27.4. The van der Waals surface area contributed by atoms with Gasteiger partial charge in [-0.2, -0.15) is 0 Å². The number of hydrogen-bond donors (Lipinski definition) is 0.